The zero-order valence-electron chi connectivity index (χ0n) is 21.3. The average Bonchev–Trinajstić information content (AvgIpc) is 3.30. The highest BCUT2D eigenvalue weighted by atomic mass is 32.2. The minimum absolute atomic E-state index is 0.114. The van der Waals surface area contributed by atoms with Crippen molar-refractivity contribution in [2.45, 2.75) is 87.5 Å². The maximum atomic E-state index is 14.1. The first-order chi connectivity index (χ1) is 15.9. The van der Waals surface area contributed by atoms with E-state index in [0.717, 1.165) is 9.87 Å². The van der Waals surface area contributed by atoms with Gasteiger partial charge in [0.1, 0.15) is 0 Å². The van der Waals surface area contributed by atoms with E-state index < -0.39 is 29.6 Å². The van der Waals surface area contributed by atoms with E-state index in [-0.39, 0.29) is 10.4 Å². The number of rotatable bonds is 6. The van der Waals surface area contributed by atoms with Gasteiger partial charge < -0.3 is 4.74 Å². The van der Waals surface area contributed by atoms with Gasteiger partial charge in [-0.25, -0.2) is 8.42 Å². The number of nitrogens with zero attached hydrogens (tertiary/aromatic N) is 1. The topological polar surface area (TPSA) is 63.7 Å². The van der Waals surface area contributed by atoms with Gasteiger partial charge in [-0.3, -0.25) is 4.79 Å². The van der Waals surface area contributed by atoms with Crippen LogP contribution in [-0.4, -0.2) is 29.0 Å². The Labute approximate surface area is 205 Å². The van der Waals surface area contributed by atoms with Crippen LogP contribution in [0.4, 0.5) is 5.69 Å². The fourth-order valence-electron chi connectivity index (χ4n) is 7.21. The summed E-state index contributed by atoms with van der Waals surface area (Å²) in [5.74, 6) is -0.476. The van der Waals surface area contributed by atoms with Crippen LogP contribution in [0.2, 0.25) is 22.2 Å². The van der Waals surface area contributed by atoms with E-state index in [9.17, 15) is 13.2 Å². The number of anilines is 1. The van der Waals surface area contributed by atoms with Crippen LogP contribution in [0.3, 0.4) is 0 Å². The minimum atomic E-state index is -4.07. The number of hydrogen-bond acceptors (Lipinski definition) is 4. The molecule has 7 heteroatoms. The molecule has 5 nitrogen and oxygen atoms in total. The predicted octanol–water partition coefficient (Wildman–Crippen LogP) is 6.40. The number of para-hydroxylation sites is 1. The van der Waals surface area contributed by atoms with E-state index in [0.29, 0.717) is 40.9 Å². The molecule has 2 atom stereocenters. The molecule has 0 unspecified atom stereocenters. The molecular formula is C27H37NO4SSi. The van der Waals surface area contributed by atoms with E-state index in [2.05, 4.69) is 41.5 Å². The predicted molar refractivity (Wildman–Crippen MR) is 139 cm³/mol. The van der Waals surface area contributed by atoms with E-state index in [1.807, 2.05) is 19.1 Å². The van der Waals surface area contributed by atoms with E-state index in [4.69, 9.17) is 4.74 Å². The second kappa shape index (κ2) is 8.61. The molecule has 0 radical (unpaired) electrons. The molecular weight excluding hydrogens is 462 g/mol. The monoisotopic (exact) mass is 499 g/mol. The molecule has 0 saturated carbocycles. The third-order valence-electron chi connectivity index (χ3n) is 8.42. The highest BCUT2D eigenvalue weighted by molar-refractivity contribution is 7.93. The largest absolute Gasteiger partial charge is 0.360 e. The van der Waals surface area contributed by atoms with Crippen molar-refractivity contribution in [1.82, 2.24) is 0 Å². The van der Waals surface area contributed by atoms with Crippen molar-refractivity contribution >= 4 is 29.7 Å². The van der Waals surface area contributed by atoms with Gasteiger partial charge in [-0.05, 0) is 37.1 Å². The lowest BCUT2D eigenvalue weighted by Gasteiger charge is -2.47. The van der Waals surface area contributed by atoms with E-state index in [1.165, 1.54) is 0 Å². The fraction of sp³-hybridized carbons (Fsp3) is 0.519. The summed E-state index contributed by atoms with van der Waals surface area (Å²) in [6.45, 7) is 16.3. The smallest absolute Gasteiger partial charge is 0.277 e. The molecule has 2 aromatic carbocycles. The van der Waals surface area contributed by atoms with Gasteiger partial charge in [0.25, 0.3) is 15.9 Å². The first-order valence-electron chi connectivity index (χ1n) is 12.3. The van der Waals surface area contributed by atoms with Crippen molar-refractivity contribution in [3.63, 3.8) is 0 Å². The number of amides is 1. The Morgan fingerprint density at radius 3 is 2.06 bits per heavy atom. The SMILES string of the molecule is Cc1ccc(S(=O)(=O)N2C(=O)[C@]3(C[C@@H]([Si](C(C)C)(C(C)C)C(C)C)CO3)c3ccccc32)cc1. The molecule has 2 aliphatic heterocycles. The Kier molecular flexibility index (Phi) is 6.36. The Morgan fingerprint density at radius 2 is 1.50 bits per heavy atom. The third kappa shape index (κ3) is 3.42. The maximum Gasteiger partial charge on any atom is 0.277 e. The van der Waals surface area contributed by atoms with Crippen LogP contribution in [0.25, 0.3) is 0 Å². The first-order valence-corrected chi connectivity index (χ1v) is 16.1. The molecule has 0 bridgehead atoms. The normalized spacial score (nSPS) is 23.1. The second-order valence-electron chi connectivity index (χ2n) is 10.9. The van der Waals surface area contributed by atoms with Crippen LogP contribution in [-0.2, 0) is 25.2 Å². The highest BCUT2D eigenvalue weighted by Gasteiger charge is 2.63. The van der Waals surface area contributed by atoms with Crippen molar-refractivity contribution in [3.05, 3.63) is 59.7 Å². The molecule has 1 amide bonds. The molecule has 1 fully saturated rings. The summed E-state index contributed by atoms with van der Waals surface area (Å²) in [5.41, 5.74) is 2.66. The van der Waals surface area contributed by atoms with Crippen molar-refractivity contribution in [3.8, 4) is 0 Å². The molecule has 0 N–H and O–H groups in total. The fourth-order valence-corrected chi connectivity index (χ4v) is 16.5. The molecule has 34 heavy (non-hydrogen) atoms. The summed E-state index contributed by atoms with van der Waals surface area (Å²) in [6, 6.07) is 13.9. The van der Waals surface area contributed by atoms with Gasteiger partial charge in [-0.15, -0.1) is 0 Å². The summed E-state index contributed by atoms with van der Waals surface area (Å²) < 4.78 is 34.9. The number of carbonyl (C=O) groups excluding carboxylic acids is 1. The zero-order chi connectivity index (χ0) is 25.1. The average molecular weight is 500 g/mol. The number of aryl methyl sites for hydroxylation is 1. The summed E-state index contributed by atoms with van der Waals surface area (Å²) >= 11 is 0. The molecule has 0 aliphatic carbocycles. The van der Waals surface area contributed by atoms with Crippen LogP contribution < -0.4 is 4.31 Å². The van der Waals surface area contributed by atoms with E-state index >= 15 is 0 Å². The van der Waals surface area contributed by atoms with Crippen molar-refractivity contribution < 1.29 is 17.9 Å². The van der Waals surface area contributed by atoms with Gasteiger partial charge in [0.05, 0.1) is 18.7 Å². The molecule has 1 spiro atoms. The highest BCUT2D eigenvalue weighted by Crippen LogP contribution is 2.60. The molecule has 1 saturated heterocycles. The van der Waals surface area contributed by atoms with Crippen molar-refractivity contribution in [2.24, 2.45) is 0 Å². The summed E-state index contributed by atoms with van der Waals surface area (Å²) in [6.07, 6.45) is 0.545. The van der Waals surface area contributed by atoms with Gasteiger partial charge >= 0.3 is 0 Å². The van der Waals surface area contributed by atoms with Gasteiger partial charge in [0.2, 0.25) is 0 Å². The Balaban J connectivity index is 1.82. The number of fused-ring (bicyclic) bond motifs is 2. The second-order valence-corrected chi connectivity index (χ2v) is 19.0. The van der Waals surface area contributed by atoms with Crippen LogP contribution in [0.5, 0.6) is 0 Å². The Hall–Kier alpha value is -1.96. The molecule has 2 aromatic rings. The van der Waals surface area contributed by atoms with Crippen LogP contribution >= 0.6 is 0 Å². The van der Waals surface area contributed by atoms with Crippen LogP contribution in [0, 0.1) is 6.92 Å². The summed E-state index contributed by atoms with van der Waals surface area (Å²) in [4.78, 5) is 14.2. The molecule has 2 aliphatic rings. The Morgan fingerprint density at radius 1 is 0.941 bits per heavy atom. The number of sulfonamides is 1. The number of carbonyl (C=O) groups is 1. The molecule has 2 heterocycles. The number of benzene rings is 2. The molecule has 0 aromatic heterocycles. The lowest BCUT2D eigenvalue weighted by molar-refractivity contribution is -0.136. The standard InChI is InChI=1S/C27H37NO4SSi/c1-18(2)34(19(3)4,20(5)6)23-16-27(32-17-23)24-10-8-9-11-25(24)28(26(27)29)33(30,31)22-14-12-21(7)13-15-22/h8-15,18-20,23H,16-17H2,1-7H3/t23-,27+/m1/s1. The quantitative estimate of drug-likeness (QED) is 0.432. The first kappa shape index (κ1) is 25.1. The van der Waals surface area contributed by atoms with Gasteiger partial charge in [-0.2, -0.15) is 4.31 Å². The lowest BCUT2D eigenvalue weighted by atomic mass is 9.92. The van der Waals surface area contributed by atoms with Gasteiger partial charge in [0.15, 0.2) is 5.60 Å². The van der Waals surface area contributed by atoms with Crippen LogP contribution in [0.1, 0.15) is 59.1 Å². The maximum absolute atomic E-state index is 14.1. The molecule has 184 valence electrons. The summed E-state index contributed by atoms with van der Waals surface area (Å²) in [7, 11) is -5.99. The van der Waals surface area contributed by atoms with Crippen molar-refractivity contribution in [1.29, 1.82) is 0 Å². The van der Waals surface area contributed by atoms with Gasteiger partial charge in [-0.1, -0.05) is 94.1 Å². The molecule has 4 rings (SSSR count). The number of ether oxygens (including phenoxy) is 1. The zero-order valence-corrected chi connectivity index (χ0v) is 23.1. The summed E-state index contributed by atoms with van der Waals surface area (Å²) in [5, 5.41) is 0. The minimum Gasteiger partial charge on any atom is -0.360 e. The van der Waals surface area contributed by atoms with Crippen LogP contribution in [0.15, 0.2) is 53.4 Å². The Bertz CT molecular complexity index is 1170. The lowest BCUT2D eigenvalue weighted by Crippen LogP contribution is -2.50. The van der Waals surface area contributed by atoms with Crippen molar-refractivity contribution in [2.75, 3.05) is 10.9 Å². The van der Waals surface area contributed by atoms with E-state index in [1.54, 1.807) is 36.4 Å². The van der Waals surface area contributed by atoms with Gasteiger partial charge in [0, 0.05) is 12.2 Å². The third-order valence-corrected chi connectivity index (χ3v) is 17.9. The number of hydrogen-bond donors (Lipinski definition) is 0.